The van der Waals surface area contributed by atoms with Crippen molar-refractivity contribution in [2.75, 3.05) is 31.1 Å². The van der Waals surface area contributed by atoms with Crippen LogP contribution in [0.25, 0.3) is 11.0 Å². The van der Waals surface area contributed by atoms with Gasteiger partial charge in [0.2, 0.25) is 5.95 Å². The van der Waals surface area contributed by atoms with Gasteiger partial charge in [-0.2, -0.15) is 0 Å². The summed E-state index contributed by atoms with van der Waals surface area (Å²) in [5.74, 6) is 1.30. The van der Waals surface area contributed by atoms with Gasteiger partial charge in [-0.05, 0) is 29.8 Å². The maximum atomic E-state index is 9.56. The normalized spacial score (nSPS) is 16.1. The largest absolute Gasteiger partial charge is 0.508 e. The van der Waals surface area contributed by atoms with Crippen LogP contribution in [0, 0.1) is 0 Å². The Morgan fingerprint density at radius 1 is 1.00 bits per heavy atom. The van der Waals surface area contributed by atoms with Crippen molar-refractivity contribution in [1.29, 1.82) is 0 Å². The number of para-hydroxylation sites is 2. The molecule has 1 aliphatic rings. The van der Waals surface area contributed by atoms with E-state index in [9.17, 15) is 5.11 Å². The van der Waals surface area contributed by atoms with Gasteiger partial charge in [-0.15, -0.1) is 0 Å². The molecule has 0 atom stereocenters. The highest BCUT2D eigenvalue weighted by Crippen LogP contribution is 2.19. The second-order valence-electron chi connectivity index (χ2n) is 6.01. The van der Waals surface area contributed by atoms with Gasteiger partial charge >= 0.3 is 0 Å². The number of nitrogens with zero attached hydrogens (tertiary/aromatic N) is 3. The molecule has 0 amide bonds. The summed E-state index contributed by atoms with van der Waals surface area (Å²) in [7, 11) is 0. The number of benzene rings is 2. The van der Waals surface area contributed by atoms with Crippen molar-refractivity contribution in [2.45, 2.75) is 6.54 Å². The Balaban J connectivity index is 1.40. The summed E-state index contributed by atoms with van der Waals surface area (Å²) in [6.07, 6.45) is 0. The molecular weight excluding hydrogens is 288 g/mol. The third-order valence-electron chi connectivity index (χ3n) is 4.37. The number of phenols is 1. The molecule has 2 heterocycles. The molecule has 1 aliphatic heterocycles. The third kappa shape index (κ3) is 3.00. The molecule has 5 nitrogen and oxygen atoms in total. The molecule has 0 radical (unpaired) electrons. The van der Waals surface area contributed by atoms with E-state index in [0.717, 1.165) is 55.3 Å². The van der Waals surface area contributed by atoms with Crippen molar-refractivity contribution >= 4 is 17.0 Å². The van der Waals surface area contributed by atoms with Crippen LogP contribution in [0.1, 0.15) is 5.56 Å². The first kappa shape index (κ1) is 14.1. The number of rotatable bonds is 3. The fourth-order valence-corrected chi connectivity index (χ4v) is 3.12. The van der Waals surface area contributed by atoms with Crippen LogP contribution in [0.3, 0.4) is 0 Å². The van der Waals surface area contributed by atoms with Crippen LogP contribution in [0.5, 0.6) is 5.75 Å². The fourth-order valence-electron chi connectivity index (χ4n) is 3.12. The fraction of sp³-hybridized carbons (Fsp3) is 0.278. The van der Waals surface area contributed by atoms with Gasteiger partial charge in [-0.1, -0.05) is 24.3 Å². The van der Waals surface area contributed by atoms with Crippen LogP contribution in [0.4, 0.5) is 5.95 Å². The lowest BCUT2D eigenvalue weighted by atomic mass is 10.2. The van der Waals surface area contributed by atoms with Gasteiger partial charge in [0, 0.05) is 32.7 Å². The minimum atomic E-state index is 0.336. The lowest BCUT2D eigenvalue weighted by Crippen LogP contribution is -2.46. The van der Waals surface area contributed by atoms with E-state index in [0.29, 0.717) is 5.75 Å². The molecule has 0 aliphatic carbocycles. The zero-order chi connectivity index (χ0) is 15.6. The molecular formula is C18H20N4O. The molecule has 0 spiro atoms. The number of phenolic OH excluding ortho intramolecular Hbond substituents is 1. The van der Waals surface area contributed by atoms with Crippen molar-refractivity contribution in [3.05, 3.63) is 54.1 Å². The van der Waals surface area contributed by atoms with Gasteiger partial charge in [0.1, 0.15) is 5.75 Å². The van der Waals surface area contributed by atoms with Crippen LogP contribution in [-0.4, -0.2) is 46.2 Å². The van der Waals surface area contributed by atoms with Crippen LogP contribution in [0.15, 0.2) is 48.5 Å². The molecule has 5 heteroatoms. The molecule has 3 aromatic rings. The average Bonchev–Trinajstić information content (AvgIpc) is 2.99. The number of hydrogen-bond acceptors (Lipinski definition) is 4. The number of aromatic hydroxyl groups is 1. The van der Waals surface area contributed by atoms with Gasteiger partial charge in [-0.25, -0.2) is 4.98 Å². The number of aromatic amines is 1. The molecule has 0 bridgehead atoms. The topological polar surface area (TPSA) is 55.4 Å². The Bertz CT molecular complexity index is 772. The SMILES string of the molecule is Oc1cccc(CN2CCN(c3nc4ccccc4[nH]3)CC2)c1. The molecule has 1 fully saturated rings. The van der Waals surface area contributed by atoms with Crippen LogP contribution in [0.2, 0.25) is 0 Å². The summed E-state index contributed by atoms with van der Waals surface area (Å²) in [5, 5.41) is 9.56. The molecule has 1 aromatic heterocycles. The third-order valence-corrected chi connectivity index (χ3v) is 4.37. The number of hydrogen-bond donors (Lipinski definition) is 2. The Kier molecular flexibility index (Phi) is 3.63. The maximum Gasteiger partial charge on any atom is 0.203 e. The number of fused-ring (bicyclic) bond motifs is 1. The van der Waals surface area contributed by atoms with Crippen molar-refractivity contribution in [2.24, 2.45) is 0 Å². The molecule has 23 heavy (non-hydrogen) atoms. The monoisotopic (exact) mass is 308 g/mol. The first-order chi connectivity index (χ1) is 11.3. The van der Waals surface area contributed by atoms with Gasteiger partial charge in [0.25, 0.3) is 0 Å². The lowest BCUT2D eigenvalue weighted by Gasteiger charge is -2.34. The van der Waals surface area contributed by atoms with E-state index in [4.69, 9.17) is 0 Å². The maximum absolute atomic E-state index is 9.56. The Labute approximate surface area is 135 Å². The van der Waals surface area contributed by atoms with Crippen molar-refractivity contribution in [1.82, 2.24) is 14.9 Å². The zero-order valence-corrected chi connectivity index (χ0v) is 12.9. The van der Waals surface area contributed by atoms with E-state index in [1.165, 1.54) is 0 Å². The highest BCUT2D eigenvalue weighted by Gasteiger charge is 2.19. The summed E-state index contributed by atoms with van der Waals surface area (Å²) in [6, 6.07) is 15.6. The predicted octanol–water partition coefficient (Wildman–Crippen LogP) is 2.59. The quantitative estimate of drug-likeness (QED) is 0.781. The van der Waals surface area contributed by atoms with Gasteiger partial charge in [0.15, 0.2) is 0 Å². The summed E-state index contributed by atoms with van der Waals surface area (Å²) >= 11 is 0. The van der Waals surface area contributed by atoms with Crippen molar-refractivity contribution in [3.63, 3.8) is 0 Å². The number of anilines is 1. The van der Waals surface area contributed by atoms with Crippen molar-refractivity contribution in [3.8, 4) is 5.75 Å². The number of nitrogens with one attached hydrogen (secondary N) is 1. The summed E-state index contributed by atoms with van der Waals surface area (Å²) in [4.78, 5) is 12.8. The van der Waals surface area contributed by atoms with Crippen LogP contribution < -0.4 is 4.90 Å². The minimum Gasteiger partial charge on any atom is -0.508 e. The predicted molar refractivity (Wildman–Crippen MR) is 91.7 cm³/mol. The number of imidazole rings is 1. The summed E-state index contributed by atoms with van der Waals surface area (Å²) in [6.45, 7) is 4.78. The first-order valence-corrected chi connectivity index (χ1v) is 7.98. The number of H-pyrrole nitrogens is 1. The highest BCUT2D eigenvalue weighted by molar-refractivity contribution is 5.77. The second kappa shape index (κ2) is 5.93. The van der Waals surface area contributed by atoms with E-state index in [2.05, 4.69) is 31.9 Å². The molecule has 118 valence electrons. The Morgan fingerprint density at radius 2 is 1.83 bits per heavy atom. The molecule has 0 unspecified atom stereocenters. The summed E-state index contributed by atoms with van der Waals surface area (Å²) in [5.41, 5.74) is 3.26. The van der Waals surface area contributed by atoms with Crippen LogP contribution >= 0.6 is 0 Å². The molecule has 2 N–H and O–H groups in total. The summed E-state index contributed by atoms with van der Waals surface area (Å²) < 4.78 is 0. The zero-order valence-electron chi connectivity index (χ0n) is 12.9. The molecule has 0 saturated carbocycles. The molecule has 4 rings (SSSR count). The van der Waals surface area contributed by atoms with Gasteiger partial charge in [-0.3, -0.25) is 4.90 Å². The van der Waals surface area contributed by atoms with E-state index < -0.39 is 0 Å². The highest BCUT2D eigenvalue weighted by atomic mass is 16.3. The van der Waals surface area contributed by atoms with E-state index >= 15 is 0 Å². The van der Waals surface area contributed by atoms with Crippen LogP contribution in [-0.2, 0) is 6.54 Å². The lowest BCUT2D eigenvalue weighted by molar-refractivity contribution is 0.248. The van der Waals surface area contributed by atoms with E-state index in [-0.39, 0.29) is 0 Å². The first-order valence-electron chi connectivity index (χ1n) is 7.98. The van der Waals surface area contributed by atoms with Gasteiger partial charge in [0.05, 0.1) is 11.0 Å². The average molecular weight is 308 g/mol. The standard InChI is InChI=1S/C18H20N4O/c23-15-5-3-4-14(12-15)13-21-8-10-22(11-9-21)18-19-16-6-1-2-7-17(16)20-18/h1-7,12,23H,8-11,13H2,(H,19,20). The van der Waals surface area contributed by atoms with E-state index in [1.807, 2.05) is 30.3 Å². The minimum absolute atomic E-state index is 0.336. The Morgan fingerprint density at radius 3 is 2.61 bits per heavy atom. The second-order valence-corrected chi connectivity index (χ2v) is 6.01. The molecule has 1 saturated heterocycles. The molecule has 2 aromatic carbocycles. The van der Waals surface area contributed by atoms with E-state index in [1.54, 1.807) is 6.07 Å². The van der Waals surface area contributed by atoms with Crippen molar-refractivity contribution < 1.29 is 5.11 Å². The number of aromatic nitrogens is 2. The Hall–Kier alpha value is -2.53. The van der Waals surface area contributed by atoms with Gasteiger partial charge < -0.3 is 15.0 Å². The smallest absolute Gasteiger partial charge is 0.203 e. The number of piperazine rings is 1.